The summed E-state index contributed by atoms with van der Waals surface area (Å²) in [6.07, 6.45) is 4.69. The number of anilines is 1. The van der Waals surface area contributed by atoms with Crippen LogP contribution in [-0.4, -0.2) is 80.1 Å². The molecule has 45 heavy (non-hydrogen) atoms. The molecule has 1 N–H and O–H groups in total. The van der Waals surface area contributed by atoms with Gasteiger partial charge in [0.15, 0.2) is 5.78 Å². The molecule has 12 nitrogen and oxygen atoms in total. The molecule has 3 aromatic heterocycles. The van der Waals surface area contributed by atoms with Gasteiger partial charge in [0, 0.05) is 61.5 Å². The number of halogens is 1. The summed E-state index contributed by atoms with van der Waals surface area (Å²) in [5, 5.41) is 8.17. The van der Waals surface area contributed by atoms with Crippen LogP contribution in [0.1, 0.15) is 47.2 Å². The molecule has 234 valence electrons. The third kappa shape index (κ3) is 5.75. The van der Waals surface area contributed by atoms with Crippen LogP contribution in [0, 0.1) is 19.3 Å². The fourth-order valence-electron chi connectivity index (χ4n) is 6.50. The number of Topliss-reactive ketones (excluding diaryl/α,β-unsaturated/α-hetero) is 1. The van der Waals surface area contributed by atoms with Crippen molar-refractivity contribution in [3.8, 4) is 11.1 Å². The Balaban J connectivity index is 1.36. The number of pyridine rings is 1. The Morgan fingerprint density at radius 1 is 1.07 bits per heavy atom. The molecule has 2 aliphatic rings. The van der Waals surface area contributed by atoms with Gasteiger partial charge in [-0.05, 0) is 71.9 Å². The molecule has 1 aliphatic carbocycles. The maximum atomic E-state index is 14.2. The third-order valence-electron chi connectivity index (χ3n) is 8.70. The molecular weight excluding hydrogens is 642 g/mol. The molecule has 1 aromatic carbocycles. The quantitative estimate of drug-likeness (QED) is 0.193. The number of aromatic nitrogens is 5. The highest BCUT2D eigenvalue weighted by Crippen LogP contribution is 2.59. The zero-order chi connectivity index (χ0) is 32.0. The van der Waals surface area contributed by atoms with Gasteiger partial charge in [0.2, 0.25) is 11.8 Å². The number of methoxy groups -OCH3 is 2. The Bertz CT molecular complexity index is 1820. The number of rotatable bonds is 10. The largest absolute Gasteiger partial charge is 0.384 e. The molecule has 1 saturated heterocycles. The van der Waals surface area contributed by atoms with Gasteiger partial charge in [-0.3, -0.25) is 19.1 Å². The average Bonchev–Trinajstić information content (AvgIpc) is 3.40. The Kier molecular flexibility index (Phi) is 8.27. The van der Waals surface area contributed by atoms with E-state index < -0.39 is 6.04 Å². The van der Waals surface area contributed by atoms with Crippen LogP contribution in [0.5, 0.6) is 0 Å². The van der Waals surface area contributed by atoms with E-state index in [0.717, 1.165) is 28.7 Å². The van der Waals surface area contributed by atoms with Crippen LogP contribution in [-0.2, 0) is 32.2 Å². The van der Waals surface area contributed by atoms with Gasteiger partial charge in [-0.1, -0.05) is 6.07 Å². The molecule has 2 fully saturated rings. The molecule has 4 aromatic rings. The van der Waals surface area contributed by atoms with E-state index in [9.17, 15) is 14.4 Å². The van der Waals surface area contributed by atoms with Crippen LogP contribution in [0.25, 0.3) is 22.0 Å². The normalized spacial score (nSPS) is 20.4. The smallest absolute Gasteiger partial charge is 0.248 e. The Hall–Kier alpha value is -4.07. The summed E-state index contributed by atoms with van der Waals surface area (Å²) in [6, 6.07) is 6.62. The maximum absolute atomic E-state index is 14.2. The van der Waals surface area contributed by atoms with Crippen LogP contribution in [0.15, 0.2) is 41.3 Å². The van der Waals surface area contributed by atoms with Crippen molar-refractivity contribution in [1.82, 2.24) is 29.6 Å². The number of carbonyl (C=O) groups is 3. The second-order valence-electron chi connectivity index (χ2n) is 11.9. The van der Waals surface area contributed by atoms with E-state index in [4.69, 9.17) is 9.47 Å². The number of ketones is 1. The standard InChI is InChI=1S/C32H34BrN7O5/c1-17-6-7-26(33)36-30(17)37-31(43)24-10-32(16-45-5)11-25(32)40(24)27(42)14-39-29-21(15-44-4)8-20(22-12-34-19(3)35-13-22)9-23(29)28(38-39)18(2)41/h6-9,12-13,24-25H,10-11,14-16H2,1-5H3,(H,36,37,43)/t24-,25+,32-/m0/s1. The monoisotopic (exact) mass is 675 g/mol. The van der Waals surface area contributed by atoms with E-state index >= 15 is 0 Å². The Labute approximate surface area is 268 Å². The first kappa shape index (κ1) is 30.9. The first-order chi connectivity index (χ1) is 21.5. The van der Waals surface area contributed by atoms with Crippen LogP contribution in [0.4, 0.5) is 5.82 Å². The number of nitrogens with zero attached hydrogens (tertiary/aromatic N) is 6. The third-order valence-corrected chi connectivity index (χ3v) is 9.14. The van der Waals surface area contributed by atoms with Crippen molar-refractivity contribution in [2.45, 2.75) is 58.8 Å². The van der Waals surface area contributed by atoms with Crippen LogP contribution in [0.3, 0.4) is 0 Å². The first-order valence-electron chi connectivity index (χ1n) is 14.6. The van der Waals surface area contributed by atoms with Crippen LogP contribution >= 0.6 is 15.9 Å². The van der Waals surface area contributed by atoms with Crippen LogP contribution < -0.4 is 5.32 Å². The molecule has 0 radical (unpaired) electrons. The summed E-state index contributed by atoms with van der Waals surface area (Å²) in [4.78, 5) is 55.4. The number of fused-ring (bicyclic) bond motifs is 2. The van der Waals surface area contributed by atoms with Gasteiger partial charge in [0.05, 0.1) is 18.7 Å². The van der Waals surface area contributed by atoms with Gasteiger partial charge in [-0.2, -0.15) is 5.10 Å². The molecule has 4 heterocycles. The van der Waals surface area contributed by atoms with E-state index in [0.29, 0.717) is 40.2 Å². The number of aryl methyl sites for hydroxylation is 2. The summed E-state index contributed by atoms with van der Waals surface area (Å²) in [7, 11) is 3.22. The molecule has 0 unspecified atom stereocenters. The number of hydrogen-bond donors (Lipinski definition) is 1. The van der Waals surface area contributed by atoms with Gasteiger partial charge in [0.25, 0.3) is 0 Å². The lowest BCUT2D eigenvalue weighted by atomic mass is 10.00. The number of likely N-dealkylation sites (tertiary alicyclic amines) is 1. The topological polar surface area (TPSA) is 141 Å². The molecule has 13 heteroatoms. The van der Waals surface area contributed by atoms with E-state index in [1.807, 2.05) is 32.0 Å². The van der Waals surface area contributed by atoms with Gasteiger partial charge in [-0.15, -0.1) is 0 Å². The summed E-state index contributed by atoms with van der Waals surface area (Å²) in [5.74, 6) is 0.276. The van der Waals surface area contributed by atoms with Crippen molar-refractivity contribution in [1.29, 1.82) is 0 Å². The lowest BCUT2D eigenvalue weighted by Crippen LogP contribution is -2.47. The van der Waals surface area contributed by atoms with Gasteiger partial charge < -0.3 is 19.7 Å². The second kappa shape index (κ2) is 12.0. The van der Waals surface area contributed by atoms with Gasteiger partial charge in [0.1, 0.15) is 34.5 Å². The highest BCUT2D eigenvalue weighted by atomic mass is 79.9. The van der Waals surface area contributed by atoms with Crippen molar-refractivity contribution >= 4 is 50.2 Å². The van der Waals surface area contributed by atoms with E-state index in [1.165, 1.54) is 6.92 Å². The number of amides is 2. The minimum atomic E-state index is -0.715. The van der Waals surface area contributed by atoms with E-state index in [1.54, 1.807) is 42.3 Å². The molecule has 1 aliphatic heterocycles. The molecule has 6 rings (SSSR count). The highest BCUT2D eigenvalue weighted by Gasteiger charge is 2.67. The molecule has 2 amide bonds. The predicted octanol–water partition coefficient (Wildman–Crippen LogP) is 4.26. The van der Waals surface area contributed by atoms with E-state index in [-0.39, 0.29) is 47.9 Å². The number of piperidine rings is 1. The average molecular weight is 677 g/mol. The van der Waals surface area contributed by atoms with Gasteiger partial charge in [-0.25, -0.2) is 15.0 Å². The highest BCUT2D eigenvalue weighted by molar-refractivity contribution is 9.10. The Morgan fingerprint density at radius 2 is 1.82 bits per heavy atom. The maximum Gasteiger partial charge on any atom is 0.248 e. The molecule has 1 saturated carbocycles. The molecular formula is C32H34BrN7O5. The number of nitrogens with one attached hydrogen (secondary N) is 1. The lowest BCUT2D eigenvalue weighted by molar-refractivity contribution is -0.138. The molecule has 0 bridgehead atoms. The molecule has 0 spiro atoms. The molecule has 3 atom stereocenters. The van der Waals surface area contributed by atoms with Crippen molar-refractivity contribution in [2.75, 3.05) is 26.1 Å². The summed E-state index contributed by atoms with van der Waals surface area (Å²) >= 11 is 3.36. The summed E-state index contributed by atoms with van der Waals surface area (Å²) in [5.41, 5.74) is 3.74. The summed E-state index contributed by atoms with van der Waals surface area (Å²) in [6.45, 7) is 5.63. The van der Waals surface area contributed by atoms with Crippen molar-refractivity contribution in [3.63, 3.8) is 0 Å². The van der Waals surface area contributed by atoms with Crippen molar-refractivity contribution < 1.29 is 23.9 Å². The minimum Gasteiger partial charge on any atom is -0.384 e. The number of ether oxygens (including phenoxy) is 2. The second-order valence-corrected chi connectivity index (χ2v) is 12.7. The number of hydrogen-bond acceptors (Lipinski definition) is 9. The Morgan fingerprint density at radius 3 is 2.51 bits per heavy atom. The lowest BCUT2D eigenvalue weighted by Gasteiger charge is -2.27. The zero-order valence-corrected chi connectivity index (χ0v) is 27.3. The minimum absolute atomic E-state index is 0.141. The number of carbonyl (C=O) groups excluding carboxylic acids is 3. The van der Waals surface area contributed by atoms with Crippen molar-refractivity contribution in [3.05, 3.63) is 63.9 Å². The fourth-order valence-corrected chi connectivity index (χ4v) is 6.81. The zero-order valence-electron chi connectivity index (χ0n) is 25.8. The van der Waals surface area contributed by atoms with Crippen LogP contribution in [0.2, 0.25) is 0 Å². The predicted molar refractivity (Wildman–Crippen MR) is 169 cm³/mol. The SMILES string of the molecule is COCc1cc(-c2cnc(C)nc2)cc2c(C(C)=O)nn(CC(=O)N3[C@H](C(=O)Nc4nc(Br)ccc4C)C[C@@]4(COC)C[C@@H]34)c12. The number of benzene rings is 1. The summed E-state index contributed by atoms with van der Waals surface area (Å²) < 4.78 is 13.2. The van der Waals surface area contributed by atoms with E-state index in [2.05, 4.69) is 41.3 Å². The fraction of sp³-hybridized carbons (Fsp3) is 0.406. The van der Waals surface area contributed by atoms with Crippen molar-refractivity contribution in [2.24, 2.45) is 5.41 Å². The van der Waals surface area contributed by atoms with Gasteiger partial charge >= 0.3 is 0 Å². The first-order valence-corrected chi connectivity index (χ1v) is 15.4.